The number of aromatic nitrogens is 2. The highest BCUT2D eigenvalue weighted by Gasteiger charge is 2.14. The summed E-state index contributed by atoms with van der Waals surface area (Å²) in [6.07, 6.45) is 3.31. The summed E-state index contributed by atoms with van der Waals surface area (Å²) in [6.45, 7) is 4.27. The Bertz CT molecular complexity index is 290. The Balaban J connectivity index is 1.87. The summed E-state index contributed by atoms with van der Waals surface area (Å²) in [5.74, 6) is 0.0388. The Kier molecular flexibility index (Phi) is 2.90. The van der Waals surface area contributed by atoms with Crippen molar-refractivity contribution in [3.8, 4) is 0 Å². The molecule has 2 rings (SSSR count). The van der Waals surface area contributed by atoms with Gasteiger partial charge in [0.2, 0.25) is 0 Å². The summed E-state index contributed by atoms with van der Waals surface area (Å²) >= 11 is 0. The van der Waals surface area contributed by atoms with Gasteiger partial charge in [-0.05, 0) is 6.07 Å². The van der Waals surface area contributed by atoms with Crippen molar-refractivity contribution in [3.05, 3.63) is 18.5 Å². The van der Waals surface area contributed by atoms with Crippen LogP contribution in [0.25, 0.3) is 0 Å². The molecule has 1 N–H and O–H groups in total. The highest BCUT2D eigenvalue weighted by atomic mass is 16.2. The molecule has 0 amide bonds. The summed E-state index contributed by atoms with van der Waals surface area (Å²) in [5, 5.41) is 7.15. The van der Waals surface area contributed by atoms with Gasteiger partial charge in [0.1, 0.15) is 0 Å². The molecule has 1 aliphatic rings. The lowest BCUT2D eigenvalue weighted by Crippen LogP contribution is -2.46. The zero-order valence-corrected chi connectivity index (χ0v) is 8.02. The number of rotatable bonds is 2. The van der Waals surface area contributed by atoms with Crippen LogP contribution in [0, 0.1) is 0 Å². The Morgan fingerprint density at radius 3 is 2.86 bits per heavy atom. The number of piperazine rings is 1. The molecule has 0 aromatic carbocycles. The monoisotopic (exact) mass is 194 g/mol. The molecule has 14 heavy (non-hydrogen) atoms. The first kappa shape index (κ1) is 9.36. The maximum atomic E-state index is 11.6. The molecule has 1 saturated heterocycles. The fraction of sp³-hybridized carbons (Fsp3) is 0.556. The average Bonchev–Trinajstić information content (AvgIpc) is 2.72. The first-order valence-electron chi connectivity index (χ1n) is 4.82. The fourth-order valence-corrected chi connectivity index (χ4v) is 1.55. The third-order valence-corrected chi connectivity index (χ3v) is 2.33. The largest absolute Gasteiger partial charge is 0.314 e. The second-order valence-corrected chi connectivity index (χ2v) is 3.37. The van der Waals surface area contributed by atoms with E-state index in [0.29, 0.717) is 6.54 Å². The summed E-state index contributed by atoms with van der Waals surface area (Å²) in [6, 6.07) is 1.76. The number of nitrogens with one attached hydrogen (secondary N) is 1. The lowest BCUT2D eigenvalue weighted by Gasteiger charge is -2.26. The first-order valence-corrected chi connectivity index (χ1v) is 4.82. The van der Waals surface area contributed by atoms with E-state index >= 15 is 0 Å². The fourth-order valence-electron chi connectivity index (χ4n) is 1.55. The van der Waals surface area contributed by atoms with Crippen LogP contribution in [0.15, 0.2) is 18.5 Å². The molecule has 1 aromatic heterocycles. The zero-order valence-electron chi connectivity index (χ0n) is 8.02. The highest BCUT2D eigenvalue weighted by Crippen LogP contribution is 1.94. The standard InChI is InChI=1S/C9H14N4O/c14-9(13-5-1-2-11-13)8-12-6-3-10-4-7-12/h1-2,5,10H,3-4,6-8H2. The maximum Gasteiger partial charge on any atom is 0.260 e. The molecule has 76 valence electrons. The van der Waals surface area contributed by atoms with Crippen molar-refractivity contribution in [1.82, 2.24) is 20.0 Å². The lowest BCUT2D eigenvalue weighted by atomic mass is 10.3. The van der Waals surface area contributed by atoms with Crippen LogP contribution >= 0.6 is 0 Å². The van der Waals surface area contributed by atoms with Crippen molar-refractivity contribution in [2.45, 2.75) is 0 Å². The zero-order chi connectivity index (χ0) is 9.80. The van der Waals surface area contributed by atoms with E-state index in [1.807, 2.05) is 0 Å². The molecule has 0 saturated carbocycles. The van der Waals surface area contributed by atoms with E-state index in [0.717, 1.165) is 26.2 Å². The van der Waals surface area contributed by atoms with Crippen LogP contribution in [0.2, 0.25) is 0 Å². The molecule has 5 nitrogen and oxygen atoms in total. The van der Waals surface area contributed by atoms with Gasteiger partial charge in [-0.2, -0.15) is 5.10 Å². The van der Waals surface area contributed by atoms with Crippen LogP contribution < -0.4 is 5.32 Å². The summed E-state index contributed by atoms with van der Waals surface area (Å²) in [4.78, 5) is 13.8. The minimum Gasteiger partial charge on any atom is -0.314 e. The minimum absolute atomic E-state index is 0.0388. The smallest absolute Gasteiger partial charge is 0.260 e. The van der Waals surface area contributed by atoms with E-state index in [4.69, 9.17) is 0 Å². The molecular weight excluding hydrogens is 180 g/mol. The number of hydrogen-bond acceptors (Lipinski definition) is 4. The van der Waals surface area contributed by atoms with Crippen molar-refractivity contribution in [2.24, 2.45) is 0 Å². The molecule has 0 radical (unpaired) electrons. The van der Waals surface area contributed by atoms with Gasteiger partial charge in [-0.15, -0.1) is 0 Å². The first-order chi connectivity index (χ1) is 6.86. The van der Waals surface area contributed by atoms with Gasteiger partial charge >= 0.3 is 0 Å². The van der Waals surface area contributed by atoms with E-state index in [9.17, 15) is 4.79 Å². The summed E-state index contributed by atoms with van der Waals surface area (Å²) in [7, 11) is 0. The van der Waals surface area contributed by atoms with E-state index in [1.165, 1.54) is 4.68 Å². The summed E-state index contributed by atoms with van der Waals surface area (Å²) < 4.78 is 1.39. The van der Waals surface area contributed by atoms with Crippen molar-refractivity contribution in [1.29, 1.82) is 0 Å². The normalized spacial score (nSPS) is 18.3. The number of carbonyl (C=O) groups excluding carboxylic acids is 1. The quantitative estimate of drug-likeness (QED) is 0.685. The predicted octanol–water partition coefficient (Wildman–Crippen LogP) is -0.571. The average molecular weight is 194 g/mol. The SMILES string of the molecule is O=C(CN1CCNCC1)n1cccn1. The predicted molar refractivity (Wildman–Crippen MR) is 52.2 cm³/mol. The summed E-state index contributed by atoms with van der Waals surface area (Å²) in [5.41, 5.74) is 0. The van der Waals surface area contributed by atoms with Crippen LogP contribution in [0.3, 0.4) is 0 Å². The molecule has 5 heteroatoms. The van der Waals surface area contributed by atoms with Gasteiger partial charge in [0.25, 0.3) is 5.91 Å². The van der Waals surface area contributed by atoms with Gasteiger partial charge in [0, 0.05) is 38.6 Å². The number of carbonyl (C=O) groups is 1. The minimum atomic E-state index is 0.0388. The van der Waals surface area contributed by atoms with E-state index in [1.54, 1.807) is 18.5 Å². The van der Waals surface area contributed by atoms with E-state index in [2.05, 4.69) is 15.3 Å². The molecule has 2 heterocycles. The Labute approximate surface area is 82.7 Å². The third kappa shape index (κ3) is 2.18. The van der Waals surface area contributed by atoms with Gasteiger partial charge in [-0.1, -0.05) is 0 Å². The van der Waals surface area contributed by atoms with Crippen LogP contribution in [0.5, 0.6) is 0 Å². The number of nitrogens with zero attached hydrogens (tertiary/aromatic N) is 3. The van der Waals surface area contributed by atoms with Crippen LogP contribution in [-0.2, 0) is 0 Å². The second-order valence-electron chi connectivity index (χ2n) is 3.37. The van der Waals surface area contributed by atoms with Crippen molar-refractivity contribution < 1.29 is 4.79 Å². The van der Waals surface area contributed by atoms with E-state index < -0.39 is 0 Å². The molecular formula is C9H14N4O. The lowest BCUT2D eigenvalue weighted by molar-refractivity contribution is 0.0822. The molecule has 1 aliphatic heterocycles. The number of hydrogen-bond donors (Lipinski definition) is 1. The molecule has 0 aliphatic carbocycles. The van der Waals surface area contributed by atoms with Crippen LogP contribution in [-0.4, -0.2) is 53.3 Å². The molecule has 0 spiro atoms. The van der Waals surface area contributed by atoms with Crippen molar-refractivity contribution in [2.75, 3.05) is 32.7 Å². The molecule has 1 fully saturated rings. The van der Waals surface area contributed by atoms with Crippen molar-refractivity contribution >= 4 is 5.91 Å². The van der Waals surface area contributed by atoms with E-state index in [-0.39, 0.29) is 5.91 Å². The maximum absolute atomic E-state index is 11.6. The van der Waals surface area contributed by atoms with Gasteiger partial charge in [-0.25, -0.2) is 4.68 Å². The molecule has 0 atom stereocenters. The van der Waals surface area contributed by atoms with Gasteiger partial charge < -0.3 is 5.32 Å². The molecule has 0 unspecified atom stereocenters. The van der Waals surface area contributed by atoms with Gasteiger partial charge in [0.15, 0.2) is 0 Å². The Morgan fingerprint density at radius 2 is 2.21 bits per heavy atom. The van der Waals surface area contributed by atoms with Gasteiger partial charge in [0.05, 0.1) is 6.54 Å². The Hall–Kier alpha value is -1.20. The van der Waals surface area contributed by atoms with Crippen LogP contribution in [0.1, 0.15) is 4.79 Å². The van der Waals surface area contributed by atoms with Gasteiger partial charge in [-0.3, -0.25) is 9.69 Å². The molecule has 1 aromatic rings. The van der Waals surface area contributed by atoms with Crippen LogP contribution in [0.4, 0.5) is 0 Å². The third-order valence-electron chi connectivity index (χ3n) is 2.33. The highest BCUT2D eigenvalue weighted by molar-refractivity contribution is 5.79. The second kappa shape index (κ2) is 4.34. The Morgan fingerprint density at radius 1 is 1.43 bits per heavy atom. The topological polar surface area (TPSA) is 50.2 Å². The molecule has 0 bridgehead atoms. The van der Waals surface area contributed by atoms with Crippen molar-refractivity contribution in [3.63, 3.8) is 0 Å².